The lowest BCUT2D eigenvalue weighted by atomic mass is 10.0. The fourth-order valence-electron chi connectivity index (χ4n) is 2.72. The minimum absolute atomic E-state index is 0.0646. The van der Waals surface area contributed by atoms with Crippen molar-refractivity contribution in [3.05, 3.63) is 18.0 Å². The highest BCUT2D eigenvalue weighted by Crippen LogP contribution is 2.29. The summed E-state index contributed by atoms with van der Waals surface area (Å²) in [5, 5.41) is 12.4. The second-order valence-corrected chi connectivity index (χ2v) is 5.54. The molecule has 1 fully saturated rings. The smallest absolute Gasteiger partial charge is 0.396 e. The lowest BCUT2D eigenvalue weighted by Gasteiger charge is -2.32. The topological polar surface area (TPSA) is 41.3 Å². The maximum Gasteiger partial charge on any atom is 0.435 e. The van der Waals surface area contributed by atoms with Crippen molar-refractivity contribution in [3.63, 3.8) is 0 Å². The summed E-state index contributed by atoms with van der Waals surface area (Å²) in [5.74, 6) is 0. The Kier molecular flexibility index (Phi) is 5.64. The van der Waals surface area contributed by atoms with Crippen molar-refractivity contribution in [2.24, 2.45) is 0 Å². The van der Waals surface area contributed by atoms with Gasteiger partial charge in [0.1, 0.15) is 0 Å². The van der Waals surface area contributed by atoms with Crippen LogP contribution in [0.25, 0.3) is 0 Å². The highest BCUT2D eigenvalue weighted by atomic mass is 19.4. The van der Waals surface area contributed by atoms with E-state index in [0.29, 0.717) is 0 Å². The van der Waals surface area contributed by atoms with Crippen LogP contribution in [0.3, 0.4) is 0 Å². The van der Waals surface area contributed by atoms with Gasteiger partial charge in [0.2, 0.25) is 0 Å². The molecule has 0 aliphatic carbocycles. The summed E-state index contributed by atoms with van der Waals surface area (Å²) in [5.41, 5.74) is -0.811. The zero-order chi connectivity index (χ0) is 15.3. The third kappa shape index (κ3) is 4.71. The van der Waals surface area contributed by atoms with E-state index in [0.717, 1.165) is 57.8 Å². The Balaban J connectivity index is 1.77. The third-order valence-electron chi connectivity index (χ3n) is 3.96. The first-order valence-corrected chi connectivity index (χ1v) is 7.46. The number of aliphatic hydroxyl groups excluding tert-OH is 1. The van der Waals surface area contributed by atoms with Gasteiger partial charge >= 0.3 is 6.18 Å². The Morgan fingerprint density at radius 1 is 1.19 bits per heavy atom. The Morgan fingerprint density at radius 3 is 2.48 bits per heavy atom. The van der Waals surface area contributed by atoms with E-state index < -0.39 is 11.9 Å². The van der Waals surface area contributed by atoms with E-state index in [2.05, 4.69) is 10.00 Å². The molecule has 2 heterocycles. The SMILES string of the molecule is OCCCCCN1CCC(n2ccc(C(F)(F)F)n2)CC1. The molecule has 0 unspecified atom stereocenters. The van der Waals surface area contributed by atoms with Crippen LogP contribution in [-0.4, -0.2) is 46.0 Å². The molecule has 1 aliphatic rings. The predicted molar refractivity (Wildman–Crippen MR) is 72.9 cm³/mol. The summed E-state index contributed by atoms with van der Waals surface area (Å²) in [7, 11) is 0. The quantitative estimate of drug-likeness (QED) is 0.822. The number of unbranched alkanes of at least 4 members (excludes halogenated alkanes) is 2. The minimum atomic E-state index is -4.36. The lowest BCUT2D eigenvalue weighted by Crippen LogP contribution is -2.35. The molecule has 7 heteroatoms. The maximum absolute atomic E-state index is 12.5. The van der Waals surface area contributed by atoms with Crippen molar-refractivity contribution < 1.29 is 18.3 Å². The van der Waals surface area contributed by atoms with Crippen LogP contribution in [-0.2, 0) is 6.18 Å². The highest BCUT2D eigenvalue weighted by molar-refractivity contribution is 5.04. The van der Waals surface area contributed by atoms with Crippen LogP contribution < -0.4 is 0 Å². The molecule has 1 N–H and O–H groups in total. The van der Waals surface area contributed by atoms with Crippen LogP contribution in [0.2, 0.25) is 0 Å². The van der Waals surface area contributed by atoms with Gasteiger partial charge in [0.15, 0.2) is 5.69 Å². The van der Waals surface area contributed by atoms with E-state index in [-0.39, 0.29) is 12.6 Å². The first kappa shape index (κ1) is 16.3. The van der Waals surface area contributed by atoms with E-state index in [1.54, 1.807) is 0 Å². The maximum atomic E-state index is 12.5. The molecular formula is C14H22F3N3O. The van der Waals surface area contributed by atoms with Gasteiger partial charge in [0.05, 0.1) is 6.04 Å². The van der Waals surface area contributed by atoms with E-state index in [4.69, 9.17) is 5.11 Å². The first-order chi connectivity index (χ1) is 10.0. The average Bonchev–Trinajstić information content (AvgIpc) is 2.94. The van der Waals surface area contributed by atoms with Gasteiger partial charge in [-0.15, -0.1) is 0 Å². The monoisotopic (exact) mass is 305 g/mol. The molecule has 1 aromatic heterocycles. The predicted octanol–water partition coefficient (Wildman–Crippen LogP) is 2.70. The van der Waals surface area contributed by atoms with Crippen LogP contribution in [0.1, 0.15) is 43.8 Å². The van der Waals surface area contributed by atoms with Crippen LogP contribution in [0.15, 0.2) is 12.3 Å². The average molecular weight is 305 g/mol. The Bertz CT molecular complexity index is 425. The van der Waals surface area contributed by atoms with Crippen molar-refractivity contribution in [3.8, 4) is 0 Å². The lowest BCUT2D eigenvalue weighted by molar-refractivity contribution is -0.141. The largest absolute Gasteiger partial charge is 0.435 e. The van der Waals surface area contributed by atoms with Gasteiger partial charge in [-0.05, 0) is 44.7 Å². The summed E-state index contributed by atoms with van der Waals surface area (Å²) in [4.78, 5) is 2.34. The van der Waals surface area contributed by atoms with E-state index in [1.165, 1.54) is 10.9 Å². The van der Waals surface area contributed by atoms with Crippen molar-refractivity contribution in [2.75, 3.05) is 26.2 Å². The number of hydrogen-bond acceptors (Lipinski definition) is 3. The second-order valence-electron chi connectivity index (χ2n) is 5.54. The van der Waals surface area contributed by atoms with Crippen molar-refractivity contribution in [2.45, 2.75) is 44.3 Å². The van der Waals surface area contributed by atoms with Crippen LogP contribution in [0.5, 0.6) is 0 Å². The molecule has 4 nitrogen and oxygen atoms in total. The first-order valence-electron chi connectivity index (χ1n) is 7.46. The van der Waals surface area contributed by atoms with Crippen molar-refractivity contribution >= 4 is 0 Å². The Morgan fingerprint density at radius 2 is 1.90 bits per heavy atom. The molecule has 2 rings (SSSR count). The number of aromatic nitrogens is 2. The molecule has 0 amide bonds. The van der Waals surface area contributed by atoms with Gasteiger partial charge in [-0.3, -0.25) is 4.68 Å². The number of alkyl halides is 3. The molecule has 1 aliphatic heterocycles. The summed E-state index contributed by atoms with van der Waals surface area (Å²) in [6, 6.07) is 1.11. The molecule has 1 saturated heterocycles. The Labute approximate surface area is 122 Å². The van der Waals surface area contributed by atoms with E-state index in [1.807, 2.05) is 0 Å². The molecule has 0 radical (unpaired) electrons. The third-order valence-corrected chi connectivity index (χ3v) is 3.96. The number of nitrogens with zero attached hydrogens (tertiary/aromatic N) is 3. The molecule has 0 bridgehead atoms. The highest BCUT2D eigenvalue weighted by Gasteiger charge is 2.34. The van der Waals surface area contributed by atoms with Gasteiger partial charge in [-0.25, -0.2) is 0 Å². The number of rotatable bonds is 6. The molecule has 0 spiro atoms. The molecule has 0 aromatic carbocycles. The summed E-state index contributed by atoms with van der Waals surface area (Å²) >= 11 is 0. The standard InChI is InChI=1S/C14H22F3N3O/c15-14(16,17)13-6-10-20(18-13)12-4-8-19(9-5-12)7-2-1-3-11-21/h6,10,12,21H,1-5,7-9,11H2. The van der Waals surface area contributed by atoms with Gasteiger partial charge in [0, 0.05) is 25.9 Å². The molecule has 120 valence electrons. The summed E-state index contributed by atoms with van der Waals surface area (Å²) in [6.45, 7) is 3.03. The molecule has 1 aromatic rings. The summed E-state index contributed by atoms with van der Waals surface area (Å²) in [6.07, 6.45) is 1.65. The number of piperidine rings is 1. The van der Waals surface area contributed by atoms with E-state index in [9.17, 15) is 13.2 Å². The molecular weight excluding hydrogens is 283 g/mol. The molecule has 0 saturated carbocycles. The number of halogens is 3. The van der Waals surface area contributed by atoms with Crippen LogP contribution in [0.4, 0.5) is 13.2 Å². The van der Waals surface area contributed by atoms with Crippen LogP contribution >= 0.6 is 0 Å². The van der Waals surface area contributed by atoms with Crippen LogP contribution in [0, 0.1) is 0 Å². The fraction of sp³-hybridized carbons (Fsp3) is 0.786. The van der Waals surface area contributed by atoms with Gasteiger partial charge in [-0.2, -0.15) is 18.3 Å². The van der Waals surface area contributed by atoms with E-state index >= 15 is 0 Å². The number of aliphatic hydroxyl groups is 1. The number of hydrogen-bond donors (Lipinski definition) is 1. The molecule has 21 heavy (non-hydrogen) atoms. The van der Waals surface area contributed by atoms with Crippen molar-refractivity contribution in [1.29, 1.82) is 0 Å². The summed E-state index contributed by atoms with van der Waals surface area (Å²) < 4.78 is 39.1. The fourth-order valence-corrected chi connectivity index (χ4v) is 2.72. The van der Waals surface area contributed by atoms with Gasteiger partial charge in [-0.1, -0.05) is 0 Å². The Hall–Kier alpha value is -1.08. The van der Waals surface area contributed by atoms with Crippen molar-refractivity contribution in [1.82, 2.24) is 14.7 Å². The zero-order valence-electron chi connectivity index (χ0n) is 12.0. The zero-order valence-corrected chi connectivity index (χ0v) is 12.0. The van der Waals surface area contributed by atoms with Gasteiger partial charge < -0.3 is 10.0 Å². The minimum Gasteiger partial charge on any atom is -0.396 e. The van der Waals surface area contributed by atoms with Gasteiger partial charge in [0.25, 0.3) is 0 Å². The second kappa shape index (κ2) is 7.26. The molecule has 0 atom stereocenters. The normalized spacial score (nSPS) is 18.3. The number of likely N-dealkylation sites (tertiary alicyclic amines) is 1.